The van der Waals surface area contributed by atoms with Crippen molar-refractivity contribution in [2.45, 2.75) is 6.36 Å². The van der Waals surface area contributed by atoms with E-state index >= 15 is 0 Å². The van der Waals surface area contributed by atoms with Gasteiger partial charge < -0.3 is 4.74 Å². The molecule has 0 aliphatic carbocycles. The van der Waals surface area contributed by atoms with Crippen molar-refractivity contribution < 1.29 is 17.9 Å². The molecule has 2 nitrogen and oxygen atoms in total. The first kappa shape index (κ1) is 9.26. The lowest BCUT2D eigenvalue weighted by Crippen LogP contribution is -2.16. The summed E-state index contributed by atoms with van der Waals surface area (Å²) in [6.45, 7) is 0. The minimum Gasteiger partial charge on any atom is -0.406 e. The highest BCUT2D eigenvalue weighted by molar-refractivity contribution is 7.16. The van der Waals surface area contributed by atoms with Crippen LogP contribution in [0.25, 0.3) is 10.2 Å². The molecule has 0 bridgehead atoms. The molecule has 0 atom stereocenters. The molecule has 0 N–H and O–H groups in total. The second-order valence-corrected chi connectivity index (χ2v) is 3.42. The van der Waals surface area contributed by atoms with Gasteiger partial charge in [0, 0.05) is 6.07 Å². The number of thiazole rings is 1. The maximum absolute atomic E-state index is 11.8. The number of ether oxygens (including phenoxy) is 1. The molecule has 2 rings (SSSR count). The first-order valence-electron chi connectivity index (χ1n) is 3.63. The summed E-state index contributed by atoms with van der Waals surface area (Å²) in [5.74, 6) is -0.240. The van der Waals surface area contributed by atoms with E-state index in [1.54, 1.807) is 11.6 Å². The highest BCUT2D eigenvalue weighted by atomic mass is 32.1. The maximum atomic E-state index is 11.8. The number of aromatic nitrogens is 1. The predicted octanol–water partition coefficient (Wildman–Crippen LogP) is 3.19. The zero-order chi connectivity index (χ0) is 10.2. The fourth-order valence-corrected chi connectivity index (χ4v) is 1.69. The second kappa shape index (κ2) is 3.13. The summed E-state index contributed by atoms with van der Waals surface area (Å²) < 4.78 is 40.1. The van der Waals surface area contributed by atoms with Crippen LogP contribution in [0.1, 0.15) is 0 Å². The van der Waals surface area contributed by atoms with Crippen LogP contribution in [0.2, 0.25) is 0 Å². The molecular weight excluding hydrogens is 215 g/mol. The van der Waals surface area contributed by atoms with Gasteiger partial charge in [0.05, 0.1) is 15.7 Å². The minimum atomic E-state index is -4.65. The molecule has 1 aromatic heterocycles. The van der Waals surface area contributed by atoms with E-state index in [9.17, 15) is 13.2 Å². The summed E-state index contributed by atoms with van der Waals surface area (Å²) in [6, 6.07) is 4.08. The summed E-state index contributed by atoms with van der Waals surface area (Å²) in [7, 11) is 0. The Balaban J connectivity index is 2.35. The Morgan fingerprint density at radius 1 is 1.29 bits per heavy atom. The van der Waals surface area contributed by atoms with E-state index in [1.165, 1.54) is 23.5 Å². The molecule has 1 aromatic carbocycles. The SMILES string of the molecule is FC(F)(F)Oc1ccc2scnc2c1. The van der Waals surface area contributed by atoms with E-state index in [-0.39, 0.29) is 5.75 Å². The van der Waals surface area contributed by atoms with Crippen LogP contribution in [0, 0.1) is 0 Å². The van der Waals surface area contributed by atoms with Crippen LogP contribution in [0.3, 0.4) is 0 Å². The van der Waals surface area contributed by atoms with Crippen LogP contribution < -0.4 is 4.74 Å². The Bertz CT molecular complexity index is 451. The summed E-state index contributed by atoms with van der Waals surface area (Å²) in [4.78, 5) is 3.88. The Kier molecular flexibility index (Phi) is 2.07. The molecule has 74 valence electrons. The number of halogens is 3. The second-order valence-electron chi connectivity index (χ2n) is 2.53. The van der Waals surface area contributed by atoms with E-state index in [2.05, 4.69) is 9.72 Å². The molecule has 0 aliphatic rings. The molecule has 2 aromatic rings. The number of nitrogens with zero attached hydrogens (tertiary/aromatic N) is 1. The molecule has 14 heavy (non-hydrogen) atoms. The third-order valence-electron chi connectivity index (χ3n) is 1.54. The largest absolute Gasteiger partial charge is 0.573 e. The summed E-state index contributed by atoms with van der Waals surface area (Å²) in [5, 5.41) is 0. The van der Waals surface area contributed by atoms with Gasteiger partial charge in [-0.1, -0.05) is 0 Å². The molecule has 0 spiro atoms. The van der Waals surface area contributed by atoms with Gasteiger partial charge in [-0.15, -0.1) is 24.5 Å². The molecular formula is C8H4F3NOS. The zero-order valence-corrected chi connectivity index (χ0v) is 7.52. The number of benzene rings is 1. The van der Waals surface area contributed by atoms with Crippen LogP contribution >= 0.6 is 11.3 Å². The molecule has 0 aliphatic heterocycles. The molecule has 0 saturated heterocycles. The van der Waals surface area contributed by atoms with Crippen molar-refractivity contribution in [1.82, 2.24) is 4.98 Å². The van der Waals surface area contributed by atoms with E-state index in [4.69, 9.17) is 0 Å². The number of alkyl halides is 3. The first-order chi connectivity index (χ1) is 6.54. The Labute approximate surface area is 80.9 Å². The van der Waals surface area contributed by atoms with Gasteiger partial charge in [-0.05, 0) is 12.1 Å². The highest BCUT2D eigenvalue weighted by Gasteiger charge is 2.31. The van der Waals surface area contributed by atoms with Crippen molar-refractivity contribution in [2.24, 2.45) is 0 Å². The number of hydrogen-bond donors (Lipinski definition) is 0. The van der Waals surface area contributed by atoms with Crippen molar-refractivity contribution in [3.63, 3.8) is 0 Å². The minimum absolute atomic E-state index is 0.240. The lowest BCUT2D eigenvalue weighted by molar-refractivity contribution is -0.274. The van der Waals surface area contributed by atoms with Gasteiger partial charge in [-0.3, -0.25) is 0 Å². The number of fused-ring (bicyclic) bond motifs is 1. The Hall–Kier alpha value is -1.30. The van der Waals surface area contributed by atoms with E-state index in [0.29, 0.717) is 5.52 Å². The quantitative estimate of drug-likeness (QED) is 0.734. The summed E-state index contributed by atoms with van der Waals surface area (Å²) >= 11 is 1.37. The van der Waals surface area contributed by atoms with Gasteiger partial charge in [0.15, 0.2) is 0 Å². The van der Waals surface area contributed by atoms with Crippen LogP contribution in [0.15, 0.2) is 23.7 Å². The van der Waals surface area contributed by atoms with Gasteiger partial charge in [-0.25, -0.2) is 4.98 Å². The van der Waals surface area contributed by atoms with Crippen LogP contribution in [0.5, 0.6) is 5.75 Å². The molecule has 1 heterocycles. The third kappa shape index (κ3) is 1.95. The summed E-state index contributed by atoms with van der Waals surface area (Å²) in [5.41, 5.74) is 2.08. The Morgan fingerprint density at radius 2 is 2.07 bits per heavy atom. The lowest BCUT2D eigenvalue weighted by atomic mass is 10.3. The fraction of sp³-hybridized carbons (Fsp3) is 0.125. The fourth-order valence-electron chi connectivity index (χ4n) is 1.03. The van der Waals surface area contributed by atoms with E-state index in [1.807, 2.05) is 0 Å². The summed E-state index contributed by atoms with van der Waals surface area (Å²) in [6.07, 6.45) is -4.65. The highest BCUT2D eigenvalue weighted by Crippen LogP contribution is 2.27. The average molecular weight is 219 g/mol. The molecule has 0 amide bonds. The van der Waals surface area contributed by atoms with Crippen LogP contribution in [0.4, 0.5) is 13.2 Å². The standard InChI is InChI=1S/C8H4F3NOS/c9-8(10,11)13-5-1-2-7-6(3-5)12-4-14-7/h1-4H. The number of hydrogen-bond acceptors (Lipinski definition) is 3. The van der Waals surface area contributed by atoms with Crippen molar-refractivity contribution in [3.8, 4) is 5.75 Å². The van der Waals surface area contributed by atoms with Gasteiger partial charge in [-0.2, -0.15) is 0 Å². The molecule has 0 saturated carbocycles. The third-order valence-corrected chi connectivity index (χ3v) is 2.35. The van der Waals surface area contributed by atoms with E-state index in [0.717, 1.165) is 4.70 Å². The van der Waals surface area contributed by atoms with Gasteiger partial charge in [0.25, 0.3) is 0 Å². The average Bonchev–Trinajstić information content (AvgIpc) is 2.47. The molecule has 0 unspecified atom stereocenters. The van der Waals surface area contributed by atoms with Crippen molar-refractivity contribution in [1.29, 1.82) is 0 Å². The lowest BCUT2D eigenvalue weighted by Gasteiger charge is -2.07. The molecule has 0 fully saturated rings. The van der Waals surface area contributed by atoms with E-state index < -0.39 is 6.36 Å². The smallest absolute Gasteiger partial charge is 0.406 e. The van der Waals surface area contributed by atoms with Crippen molar-refractivity contribution in [2.75, 3.05) is 0 Å². The Morgan fingerprint density at radius 3 is 2.79 bits per heavy atom. The van der Waals surface area contributed by atoms with Crippen molar-refractivity contribution >= 4 is 21.6 Å². The zero-order valence-electron chi connectivity index (χ0n) is 6.71. The topological polar surface area (TPSA) is 22.1 Å². The normalized spacial score (nSPS) is 11.9. The first-order valence-corrected chi connectivity index (χ1v) is 4.51. The van der Waals surface area contributed by atoms with Crippen molar-refractivity contribution in [3.05, 3.63) is 23.7 Å². The monoisotopic (exact) mass is 219 g/mol. The van der Waals surface area contributed by atoms with Crippen LogP contribution in [-0.4, -0.2) is 11.3 Å². The predicted molar refractivity (Wildman–Crippen MR) is 46.3 cm³/mol. The molecule has 6 heteroatoms. The van der Waals surface area contributed by atoms with Gasteiger partial charge in [0.2, 0.25) is 0 Å². The number of rotatable bonds is 1. The van der Waals surface area contributed by atoms with Crippen LogP contribution in [-0.2, 0) is 0 Å². The van der Waals surface area contributed by atoms with Gasteiger partial charge in [0.1, 0.15) is 5.75 Å². The van der Waals surface area contributed by atoms with Gasteiger partial charge >= 0.3 is 6.36 Å². The maximum Gasteiger partial charge on any atom is 0.573 e. The molecule has 0 radical (unpaired) electrons.